The molecule has 0 saturated carbocycles. The Morgan fingerprint density at radius 3 is 2.40 bits per heavy atom. The first-order valence-electron chi connectivity index (χ1n) is 4.85. The quantitative estimate of drug-likeness (QED) is 0.680. The molecular formula is C10H15BO4. The van der Waals surface area contributed by atoms with E-state index in [2.05, 4.69) is 0 Å². The van der Waals surface area contributed by atoms with Gasteiger partial charge in [-0.05, 0) is 24.0 Å². The summed E-state index contributed by atoms with van der Waals surface area (Å²) in [5.41, 5.74) is 0.362. The monoisotopic (exact) mass is 210 g/mol. The minimum Gasteiger partial charge on any atom is -0.497 e. The third-order valence-corrected chi connectivity index (χ3v) is 1.91. The highest BCUT2D eigenvalue weighted by Gasteiger charge is 2.13. The highest BCUT2D eigenvalue weighted by Crippen LogP contribution is 2.18. The highest BCUT2D eigenvalue weighted by molar-refractivity contribution is 6.58. The van der Waals surface area contributed by atoms with Gasteiger partial charge in [0.05, 0.1) is 13.7 Å². The molecule has 0 radical (unpaired) electrons. The number of benzene rings is 1. The summed E-state index contributed by atoms with van der Waals surface area (Å²) in [7, 11) is 0.0102. The largest absolute Gasteiger partial charge is 0.497 e. The number of methoxy groups -OCH3 is 1. The molecular weight excluding hydrogens is 195 g/mol. The van der Waals surface area contributed by atoms with Crippen LogP contribution in [0.3, 0.4) is 0 Å². The normalized spacial score (nSPS) is 9.87. The summed E-state index contributed by atoms with van der Waals surface area (Å²) in [5.74, 6) is 1.13. The maximum absolute atomic E-state index is 9.04. The van der Waals surface area contributed by atoms with Crippen LogP contribution in [0.25, 0.3) is 0 Å². The van der Waals surface area contributed by atoms with Gasteiger partial charge >= 0.3 is 7.12 Å². The Morgan fingerprint density at radius 1 is 1.20 bits per heavy atom. The van der Waals surface area contributed by atoms with Gasteiger partial charge in [0.2, 0.25) is 0 Å². The molecule has 0 unspecified atom stereocenters. The molecule has 4 nitrogen and oxygen atoms in total. The third kappa shape index (κ3) is 3.45. The molecule has 0 aliphatic heterocycles. The van der Waals surface area contributed by atoms with Crippen LogP contribution < -0.4 is 14.9 Å². The lowest BCUT2D eigenvalue weighted by molar-refractivity contribution is 0.314. The van der Waals surface area contributed by atoms with Crippen LogP contribution in [0.2, 0.25) is 0 Å². The SMILES string of the molecule is CCCOc1cc(OC)cc(B(O)O)c1. The minimum atomic E-state index is -1.51. The number of ether oxygens (including phenoxy) is 2. The molecule has 1 aromatic rings. The molecule has 1 rings (SSSR count). The maximum atomic E-state index is 9.04. The molecule has 0 aliphatic rings. The lowest BCUT2D eigenvalue weighted by Gasteiger charge is -2.09. The van der Waals surface area contributed by atoms with E-state index in [1.807, 2.05) is 6.92 Å². The van der Waals surface area contributed by atoms with Crippen molar-refractivity contribution < 1.29 is 19.5 Å². The standard InChI is InChI=1S/C10H15BO4/c1-3-4-15-10-6-8(11(12)13)5-9(7-10)14-2/h5-7,12-13H,3-4H2,1-2H3. The molecule has 0 saturated heterocycles. The topological polar surface area (TPSA) is 58.9 Å². The van der Waals surface area contributed by atoms with Crippen LogP contribution in [0.15, 0.2) is 18.2 Å². The van der Waals surface area contributed by atoms with Gasteiger partial charge in [0.25, 0.3) is 0 Å². The molecule has 0 aromatic heterocycles. The smallest absolute Gasteiger partial charge is 0.488 e. The van der Waals surface area contributed by atoms with E-state index in [1.54, 1.807) is 18.2 Å². The van der Waals surface area contributed by atoms with Crippen LogP contribution in [0.1, 0.15) is 13.3 Å². The molecule has 0 spiro atoms. The average Bonchev–Trinajstić information content (AvgIpc) is 2.25. The van der Waals surface area contributed by atoms with Crippen molar-refractivity contribution in [1.82, 2.24) is 0 Å². The summed E-state index contributed by atoms with van der Waals surface area (Å²) in [4.78, 5) is 0. The molecule has 82 valence electrons. The fraction of sp³-hybridized carbons (Fsp3) is 0.400. The Balaban J connectivity index is 2.90. The second-order valence-corrected chi connectivity index (χ2v) is 3.16. The van der Waals surface area contributed by atoms with E-state index < -0.39 is 7.12 Å². The van der Waals surface area contributed by atoms with Crippen LogP contribution in [0.4, 0.5) is 0 Å². The second kappa shape index (κ2) is 5.63. The lowest BCUT2D eigenvalue weighted by atomic mass is 9.80. The predicted octanol–water partition coefficient (Wildman–Crippen LogP) is 0.164. The summed E-state index contributed by atoms with van der Waals surface area (Å²) in [6.07, 6.45) is 0.897. The molecule has 0 amide bonds. The molecule has 0 fully saturated rings. The van der Waals surface area contributed by atoms with E-state index in [0.29, 0.717) is 23.6 Å². The van der Waals surface area contributed by atoms with E-state index in [4.69, 9.17) is 19.5 Å². The van der Waals surface area contributed by atoms with Crippen LogP contribution in [0, 0.1) is 0 Å². The first-order chi connectivity index (χ1) is 7.17. The minimum absolute atomic E-state index is 0.362. The van der Waals surface area contributed by atoms with Gasteiger partial charge < -0.3 is 19.5 Å². The van der Waals surface area contributed by atoms with Crippen molar-refractivity contribution in [1.29, 1.82) is 0 Å². The summed E-state index contributed by atoms with van der Waals surface area (Å²) < 4.78 is 10.4. The summed E-state index contributed by atoms with van der Waals surface area (Å²) >= 11 is 0. The molecule has 1 aromatic carbocycles. The van der Waals surface area contributed by atoms with Crippen molar-refractivity contribution in [3.8, 4) is 11.5 Å². The van der Waals surface area contributed by atoms with Crippen LogP contribution >= 0.6 is 0 Å². The molecule has 15 heavy (non-hydrogen) atoms. The zero-order valence-electron chi connectivity index (χ0n) is 8.93. The second-order valence-electron chi connectivity index (χ2n) is 3.16. The summed E-state index contributed by atoms with van der Waals surface area (Å²) in [6, 6.07) is 4.86. The third-order valence-electron chi connectivity index (χ3n) is 1.91. The lowest BCUT2D eigenvalue weighted by Crippen LogP contribution is -2.29. The van der Waals surface area contributed by atoms with Crippen molar-refractivity contribution in [3.05, 3.63) is 18.2 Å². The van der Waals surface area contributed by atoms with Gasteiger partial charge in [-0.1, -0.05) is 6.92 Å². The van der Waals surface area contributed by atoms with Crippen LogP contribution in [-0.2, 0) is 0 Å². The van der Waals surface area contributed by atoms with Gasteiger partial charge in [-0.2, -0.15) is 0 Å². The van der Waals surface area contributed by atoms with Crippen molar-refractivity contribution >= 4 is 12.6 Å². The molecule has 0 heterocycles. The van der Waals surface area contributed by atoms with Crippen molar-refractivity contribution in [2.75, 3.05) is 13.7 Å². The van der Waals surface area contributed by atoms with Gasteiger partial charge in [0, 0.05) is 6.07 Å². The van der Waals surface area contributed by atoms with Gasteiger partial charge in [-0.25, -0.2) is 0 Å². The molecule has 5 heteroatoms. The fourth-order valence-corrected chi connectivity index (χ4v) is 1.16. The Kier molecular flexibility index (Phi) is 4.46. The van der Waals surface area contributed by atoms with E-state index >= 15 is 0 Å². The van der Waals surface area contributed by atoms with Crippen molar-refractivity contribution in [2.24, 2.45) is 0 Å². The summed E-state index contributed by atoms with van der Waals surface area (Å²) in [6.45, 7) is 2.59. The van der Waals surface area contributed by atoms with Crippen LogP contribution in [0.5, 0.6) is 11.5 Å². The molecule has 2 N–H and O–H groups in total. The van der Waals surface area contributed by atoms with Crippen molar-refractivity contribution in [2.45, 2.75) is 13.3 Å². The first kappa shape index (κ1) is 11.9. The van der Waals surface area contributed by atoms with E-state index in [0.717, 1.165) is 6.42 Å². The Morgan fingerprint density at radius 2 is 1.87 bits per heavy atom. The zero-order valence-corrected chi connectivity index (χ0v) is 8.93. The Hall–Kier alpha value is -1.20. The molecule has 0 aliphatic carbocycles. The molecule has 0 atom stereocenters. The van der Waals surface area contributed by atoms with E-state index in [1.165, 1.54) is 7.11 Å². The summed E-state index contributed by atoms with van der Waals surface area (Å²) in [5, 5.41) is 18.1. The zero-order chi connectivity index (χ0) is 11.3. The Bertz CT molecular complexity index is 314. The number of hydrogen-bond donors (Lipinski definition) is 2. The average molecular weight is 210 g/mol. The van der Waals surface area contributed by atoms with Gasteiger partial charge in [-0.15, -0.1) is 0 Å². The Labute approximate surface area is 89.6 Å². The predicted molar refractivity (Wildman–Crippen MR) is 58.6 cm³/mol. The fourth-order valence-electron chi connectivity index (χ4n) is 1.16. The number of rotatable bonds is 5. The molecule has 0 bridgehead atoms. The van der Waals surface area contributed by atoms with E-state index in [-0.39, 0.29) is 0 Å². The van der Waals surface area contributed by atoms with Gasteiger partial charge in [-0.3, -0.25) is 0 Å². The van der Waals surface area contributed by atoms with Gasteiger partial charge in [0.1, 0.15) is 11.5 Å². The van der Waals surface area contributed by atoms with E-state index in [9.17, 15) is 0 Å². The van der Waals surface area contributed by atoms with Crippen LogP contribution in [-0.4, -0.2) is 30.9 Å². The highest BCUT2D eigenvalue weighted by atomic mass is 16.5. The maximum Gasteiger partial charge on any atom is 0.488 e. The van der Waals surface area contributed by atoms with Crippen molar-refractivity contribution in [3.63, 3.8) is 0 Å². The van der Waals surface area contributed by atoms with Gasteiger partial charge in [0.15, 0.2) is 0 Å². The number of hydrogen-bond acceptors (Lipinski definition) is 4. The first-order valence-corrected chi connectivity index (χ1v) is 4.85.